The Kier molecular flexibility index (Phi) is 3.52. The lowest BCUT2D eigenvalue weighted by atomic mass is 10.2. The van der Waals surface area contributed by atoms with Crippen molar-refractivity contribution < 1.29 is 13.9 Å². The van der Waals surface area contributed by atoms with Gasteiger partial charge in [0.05, 0.1) is 6.61 Å². The predicted molar refractivity (Wildman–Crippen MR) is 63.5 cm³/mol. The number of carbonyl (C=O) groups is 1. The van der Waals surface area contributed by atoms with Crippen LogP contribution in [-0.4, -0.2) is 18.6 Å². The summed E-state index contributed by atoms with van der Waals surface area (Å²) in [4.78, 5) is 11.4. The molecule has 0 bridgehead atoms. The van der Waals surface area contributed by atoms with Crippen LogP contribution in [0.5, 0.6) is 0 Å². The van der Waals surface area contributed by atoms with Crippen molar-refractivity contribution in [2.45, 2.75) is 38.6 Å². The van der Waals surface area contributed by atoms with Crippen molar-refractivity contribution >= 4 is 5.97 Å². The first-order valence-electron chi connectivity index (χ1n) is 6.12. The van der Waals surface area contributed by atoms with E-state index >= 15 is 0 Å². The van der Waals surface area contributed by atoms with Crippen LogP contribution in [0, 0.1) is 5.92 Å². The molecule has 0 saturated heterocycles. The highest BCUT2D eigenvalue weighted by Gasteiger charge is 2.36. The molecule has 0 aliphatic heterocycles. The molecule has 0 radical (unpaired) electrons. The molecule has 0 aromatic carbocycles. The van der Waals surface area contributed by atoms with Gasteiger partial charge >= 0.3 is 5.97 Å². The van der Waals surface area contributed by atoms with E-state index in [1.807, 2.05) is 12.1 Å². The van der Waals surface area contributed by atoms with E-state index in [-0.39, 0.29) is 5.97 Å². The van der Waals surface area contributed by atoms with E-state index in [1.165, 1.54) is 6.42 Å². The minimum atomic E-state index is -0.634. The Balaban J connectivity index is 1.90. The molecular formula is C13H19NO3. The molecule has 0 amide bonds. The third kappa shape index (κ3) is 2.88. The van der Waals surface area contributed by atoms with Gasteiger partial charge in [-0.25, -0.2) is 0 Å². The lowest BCUT2D eigenvalue weighted by molar-refractivity contribution is -0.144. The summed E-state index contributed by atoms with van der Waals surface area (Å²) in [6.07, 6.45) is 1.59. The van der Waals surface area contributed by atoms with Gasteiger partial charge in [-0.15, -0.1) is 0 Å². The molecule has 4 heteroatoms. The molecule has 17 heavy (non-hydrogen) atoms. The molecule has 1 aromatic rings. The predicted octanol–water partition coefficient (Wildman–Crippen LogP) is 1.84. The standard InChI is InChI=1S/C13H19NO3/c1-3-16-13(15)11(14)7-9-4-5-12(17-9)10-6-8(10)2/h4-5,8,10-11H,3,6-7,14H2,1-2H3. The fourth-order valence-corrected chi connectivity index (χ4v) is 1.97. The first-order chi connectivity index (χ1) is 8.11. The van der Waals surface area contributed by atoms with E-state index in [1.54, 1.807) is 6.92 Å². The molecular weight excluding hydrogens is 218 g/mol. The lowest BCUT2D eigenvalue weighted by Crippen LogP contribution is -2.34. The van der Waals surface area contributed by atoms with Crippen LogP contribution in [0.4, 0.5) is 0 Å². The monoisotopic (exact) mass is 237 g/mol. The Morgan fingerprint density at radius 3 is 2.94 bits per heavy atom. The maximum absolute atomic E-state index is 11.4. The highest BCUT2D eigenvalue weighted by molar-refractivity contribution is 5.75. The van der Waals surface area contributed by atoms with E-state index in [4.69, 9.17) is 14.9 Å². The molecule has 1 fully saturated rings. The molecule has 1 saturated carbocycles. The minimum Gasteiger partial charge on any atom is -0.466 e. The van der Waals surface area contributed by atoms with Gasteiger partial charge in [-0.3, -0.25) is 4.79 Å². The topological polar surface area (TPSA) is 65.5 Å². The summed E-state index contributed by atoms with van der Waals surface area (Å²) in [7, 11) is 0. The number of ether oxygens (including phenoxy) is 1. The van der Waals surface area contributed by atoms with Crippen molar-refractivity contribution in [3.05, 3.63) is 23.7 Å². The highest BCUT2D eigenvalue weighted by atomic mass is 16.5. The Morgan fingerprint density at radius 2 is 2.35 bits per heavy atom. The van der Waals surface area contributed by atoms with Gasteiger partial charge in [0.25, 0.3) is 0 Å². The molecule has 1 aliphatic carbocycles. The molecule has 1 heterocycles. The normalized spacial score (nSPS) is 24.4. The van der Waals surface area contributed by atoms with E-state index in [0.29, 0.717) is 24.9 Å². The van der Waals surface area contributed by atoms with Crippen LogP contribution in [0.2, 0.25) is 0 Å². The molecule has 1 aliphatic rings. The number of furan rings is 1. The van der Waals surface area contributed by atoms with Gasteiger partial charge in [0.1, 0.15) is 17.6 Å². The average molecular weight is 237 g/mol. The molecule has 2 N–H and O–H groups in total. The molecule has 3 unspecified atom stereocenters. The first-order valence-corrected chi connectivity index (χ1v) is 6.12. The molecule has 1 aromatic heterocycles. The zero-order valence-electron chi connectivity index (χ0n) is 10.3. The van der Waals surface area contributed by atoms with Gasteiger partial charge in [-0.05, 0) is 31.4 Å². The largest absolute Gasteiger partial charge is 0.466 e. The van der Waals surface area contributed by atoms with Crippen LogP contribution in [0.15, 0.2) is 16.5 Å². The zero-order valence-corrected chi connectivity index (χ0v) is 10.3. The smallest absolute Gasteiger partial charge is 0.323 e. The van der Waals surface area contributed by atoms with Crippen molar-refractivity contribution in [2.75, 3.05) is 6.61 Å². The lowest BCUT2D eigenvalue weighted by Gasteiger charge is -2.08. The van der Waals surface area contributed by atoms with Crippen molar-refractivity contribution in [3.63, 3.8) is 0 Å². The summed E-state index contributed by atoms with van der Waals surface area (Å²) in [5.74, 6) is 2.68. The fraction of sp³-hybridized carbons (Fsp3) is 0.615. The van der Waals surface area contributed by atoms with Crippen LogP contribution in [0.25, 0.3) is 0 Å². The second kappa shape index (κ2) is 4.92. The molecule has 2 rings (SSSR count). The molecule has 94 valence electrons. The van der Waals surface area contributed by atoms with Crippen LogP contribution in [0.3, 0.4) is 0 Å². The van der Waals surface area contributed by atoms with Crippen LogP contribution < -0.4 is 5.73 Å². The summed E-state index contributed by atoms with van der Waals surface area (Å²) < 4.78 is 10.5. The summed E-state index contributed by atoms with van der Waals surface area (Å²) in [5, 5.41) is 0. The summed E-state index contributed by atoms with van der Waals surface area (Å²) in [5.41, 5.74) is 5.73. The number of carbonyl (C=O) groups excluding carboxylic acids is 1. The maximum atomic E-state index is 11.4. The van der Waals surface area contributed by atoms with Crippen LogP contribution >= 0.6 is 0 Å². The Bertz CT molecular complexity index is 399. The van der Waals surface area contributed by atoms with E-state index in [2.05, 4.69) is 6.92 Å². The molecule has 3 atom stereocenters. The summed E-state index contributed by atoms with van der Waals surface area (Å²) in [6, 6.07) is 3.26. The molecule has 4 nitrogen and oxygen atoms in total. The van der Waals surface area contributed by atoms with Gasteiger partial charge in [-0.1, -0.05) is 6.92 Å². The zero-order chi connectivity index (χ0) is 12.4. The average Bonchev–Trinajstić information content (AvgIpc) is 2.84. The third-order valence-electron chi connectivity index (χ3n) is 3.17. The Morgan fingerprint density at radius 1 is 1.65 bits per heavy atom. The van der Waals surface area contributed by atoms with E-state index in [0.717, 1.165) is 11.5 Å². The van der Waals surface area contributed by atoms with Gasteiger partial charge < -0.3 is 14.9 Å². The molecule has 0 spiro atoms. The Labute approximate surface area is 101 Å². The summed E-state index contributed by atoms with van der Waals surface area (Å²) >= 11 is 0. The van der Waals surface area contributed by atoms with Gasteiger partial charge in [0, 0.05) is 12.3 Å². The van der Waals surface area contributed by atoms with E-state index < -0.39 is 6.04 Å². The second-order valence-corrected chi connectivity index (χ2v) is 4.69. The van der Waals surface area contributed by atoms with Gasteiger partial charge in [0.2, 0.25) is 0 Å². The Hall–Kier alpha value is -1.29. The number of nitrogens with two attached hydrogens (primary N) is 1. The van der Waals surface area contributed by atoms with Gasteiger partial charge in [-0.2, -0.15) is 0 Å². The number of hydrogen-bond donors (Lipinski definition) is 1. The number of rotatable bonds is 5. The third-order valence-corrected chi connectivity index (χ3v) is 3.17. The highest BCUT2D eigenvalue weighted by Crippen LogP contribution is 2.47. The van der Waals surface area contributed by atoms with Crippen molar-refractivity contribution in [2.24, 2.45) is 11.7 Å². The second-order valence-electron chi connectivity index (χ2n) is 4.69. The maximum Gasteiger partial charge on any atom is 0.323 e. The number of hydrogen-bond acceptors (Lipinski definition) is 4. The summed E-state index contributed by atoms with van der Waals surface area (Å²) in [6.45, 7) is 4.33. The van der Waals surface area contributed by atoms with E-state index in [9.17, 15) is 4.79 Å². The van der Waals surface area contributed by atoms with Crippen LogP contribution in [-0.2, 0) is 16.0 Å². The quantitative estimate of drug-likeness (QED) is 0.793. The minimum absolute atomic E-state index is 0.357. The first kappa shape index (κ1) is 12.2. The van der Waals surface area contributed by atoms with Crippen molar-refractivity contribution in [1.82, 2.24) is 0 Å². The fourth-order valence-electron chi connectivity index (χ4n) is 1.97. The van der Waals surface area contributed by atoms with Gasteiger partial charge in [0.15, 0.2) is 0 Å². The SMILES string of the molecule is CCOC(=O)C(N)Cc1ccc(C2CC2C)o1. The van der Waals surface area contributed by atoms with Crippen molar-refractivity contribution in [1.29, 1.82) is 0 Å². The number of esters is 1. The van der Waals surface area contributed by atoms with Crippen molar-refractivity contribution in [3.8, 4) is 0 Å². The van der Waals surface area contributed by atoms with Crippen LogP contribution in [0.1, 0.15) is 37.7 Å².